The minimum atomic E-state index is 0.915. The number of ether oxygens (including phenoxy) is 1. The van der Waals surface area contributed by atoms with E-state index in [1.54, 1.807) is 0 Å². The minimum absolute atomic E-state index is 0.915. The van der Waals surface area contributed by atoms with Crippen molar-refractivity contribution in [2.24, 2.45) is 0 Å². The van der Waals surface area contributed by atoms with Crippen LogP contribution in [0.4, 0.5) is 0 Å². The SMILES string of the molecule is Cc1ccc(CCCN2CCOCC2)s1. The minimum Gasteiger partial charge on any atom is -0.379 e. The van der Waals surface area contributed by atoms with Gasteiger partial charge in [0.1, 0.15) is 0 Å². The normalized spacial score (nSPS) is 18.2. The molecule has 0 N–H and O–H groups in total. The van der Waals surface area contributed by atoms with Crippen LogP contribution in [0.3, 0.4) is 0 Å². The number of aryl methyl sites for hydroxylation is 2. The molecule has 0 aromatic carbocycles. The van der Waals surface area contributed by atoms with Gasteiger partial charge in [-0.15, -0.1) is 11.3 Å². The van der Waals surface area contributed by atoms with Crippen LogP contribution in [-0.2, 0) is 11.2 Å². The lowest BCUT2D eigenvalue weighted by Crippen LogP contribution is -2.36. The third kappa shape index (κ3) is 3.59. The molecule has 0 bridgehead atoms. The van der Waals surface area contributed by atoms with E-state index in [4.69, 9.17) is 4.74 Å². The van der Waals surface area contributed by atoms with Crippen LogP contribution < -0.4 is 0 Å². The zero-order chi connectivity index (χ0) is 10.5. The predicted octanol–water partition coefficient (Wildman–Crippen LogP) is 2.32. The Balaban J connectivity index is 1.65. The van der Waals surface area contributed by atoms with Crippen molar-refractivity contribution < 1.29 is 4.74 Å². The van der Waals surface area contributed by atoms with E-state index in [-0.39, 0.29) is 0 Å². The quantitative estimate of drug-likeness (QED) is 0.780. The monoisotopic (exact) mass is 225 g/mol. The van der Waals surface area contributed by atoms with Gasteiger partial charge in [0.25, 0.3) is 0 Å². The van der Waals surface area contributed by atoms with Crippen LogP contribution in [0.5, 0.6) is 0 Å². The molecule has 3 heteroatoms. The van der Waals surface area contributed by atoms with Crippen LogP contribution in [0.25, 0.3) is 0 Å². The molecule has 2 rings (SSSR count). The first-order chi connectivity index (χ1) is 7.34. The van der Waals surface area contributed by atoms with Gasteiger partial charge in [0.05, 0.1) is 13.2 Å². The van der Waals surface area contributed by atoms with Gasteiger partial charge >= 0.3 is 0 Å². The van der Waals surface area contributed by atoms with E-state index in [1.165, 1.54) is 29.1 Å². The van der Waals surface area contributed by atoms with E-state index in [9.17, 15) is 0 Å². The summed E-state index contributed by atoms with van der Waals surface area (Å²) in [6.07, 6.45) is 2.51. The summed E-state index contributed by atoms with van der Waals surface area (Å²) in [5.74, 6) is 0. The third-order valence-corrected chi connectivity index (χ3v) is 3.86. The van der Waals surface area contributed by atoms with Gasteiger partial charge in [-0.25, -0.2) is 0 Å². The molecule has 1 fully saturated rings. The van der Waals surface area contributed by atoms with Crippen LogP contribution in [0.15, 0.2) is 12.1 Å². The molecule has 0 unspecified atom stereocenters. The summed E-state index contributed by atoms with van der Waals surface area (Å²) >= 11 is 1.93. The molecular formula is C12H19NOS. The average molecular weight is 225 g/mol. The fourth-order valence-electron chi connectivity index (χ4n) is 1.92. The zero-order valence-electron chi connectivity index (χ0n) is 9.37. The van der Waals surface area contributed by atoms with Gasteiger partial charge < -0.3 is 4.74 Å². The Labute approximate surface area is 95.9 Å². The highest BCUT2D eigenvalue weighted by Crippen LogP contribution is 2.16. The van der Waals surface area contributed by atoms with Crippen molar-refractivity contribution in [3.8, 4) is 0 Å². The van der Waals surface area contributed by atoms with E-state index in [1.807, 2.05) is 11.3 Å². The molecule has 0 atom stereocenters. The molecule has 15 heavy (non-hydrogen) atoms. The summed E-state index contributed by atoms with van der Waals surface area (Å²) in [5, 5.41) is 0. The predicted molar refractivity (Wildman–Crippen MR) is 64.6 cm³/mol. The molecule has 1 aromatic heterocycles. The molecule has 0 spiro atoms. The van der Waals surface area contributed by atoms with Crippen molar-refractivity contribution in [2.75, 3.05) is 32.8 Å². The summed E-state index contributed by atoms with van der Waals surface area (Å²) in [6.45, 7) is 7.46. The number of morpholine rings is 1. The molecular weight excluding hydrogens is 206 g/mol. The second kappa shape index (κ2) is 5.64. The van der Waals surface area contributed by atoms with Gasteiger partial charge in [0, 0.05) is 22.8 Å². The Bertz CT molecular complexity index is 292. The summed E-state index contributed by atoms with van der Waals surface area (Å²) in [5.41, 5.74) is 0. The molecule has 0 radical (unpaired) electrons. The lowest BCUT2D eigenvalue weighted by Gasteiger charge is -2.26. The zero-order valence-corrected chi connectivity index (χ0v) is 10.2. The van der Waals surface area contributed by atoms with Gasteiger partial charge in [-0.05, 0) is 38.4 Å². The summed E-state index contributed by atoms with van der Waals surface area (Å²) in [4.78, 5) is 5.46. The van der Waals surface area contributed by atoms with Crippen LogP contribution >= 0.6 is 11.3 Å². The van der Waals surface area contributed by atoms with Gasteiger partial charge in [-0.3, -0.25) is 4.90 Å². The summed E-state index contributed by atoms with van der Waals surface area (Å²) in [6, 6.07) is 4.48. The Morgan fingerprint density at radius 1 is 1.33 bits per heavy atom. The molecule has 0 amide bonds. The molecule has 84 valence electrons. The highest BCUT2D eigenvalue weighted by molar-refractivity contribution is 7.11. The average Bonchev–Trinajstić information content (AvgIpc) is 2.66. The second-order valence-corrected chi connectivity index (χ2v) is 5.44. The highest BCUT2D eigenvalue weighted by Gasteiger charge is 2.09. The molecule has 1 saturated heterocycles. The first kappa shape index (κ1) is 11.1. The highest BCUT2D eigenvalue weighted by atomic mass is 32.1. The maximum atomic E-state index is 5.33. The van der Waals surface area contributed by atoms with Gasteiger partial charge in [-0.2, -0.15) is 0 Å². The third-order valence-electron chi connectivity index (χ3n) is 2.80. The lowest BCUT2D eigenvalue weighted by molar-refractivity contribution is 0.0375. The van der Waals surface area contributed by atoms with Crippen LogP contribution in [-0.4, -0.2) is 37.7 Å². The second-order valence-electron chi connectivity index (χ2n) is 4.07. The maximum Gasteiger partial charge on any atom is 0.0594 e. The van der Waals surface area contributed by atoms with Crippen molar-refractivity contribution in [1.29, 1.82) is 0 Å². The molecule has 1 aromatic rings. The van der Waals surface area contributed by atoms with E-state index >= 15 is 0 Å². The van der Waals surface area contributed by atoms with Gasteiger partial charge in [0.2, 0.25) is 0 Å². The van der Waals surface area contributed by atoms with E-state index in [2.05, 4.69) is 24.0 Å². The van der Waals surface area contributed by atoms with Gasteiger partial charge in [0.15, 0.2) is 0 Å². The van der Waals surface area contributed by atoms with E-state index in [0.29, 0.717) is 0 Å². The van der Waals surface area contributed by atoms with Crippen molar-refractivity contribution in [3.63, 3.8) is 0 Å². The van der Waals surface area contributed by atoms with E-state index in [0.717, 1.165) is 26.3 Å². The fraction of sp³-hybridized carbons (Fsp3) is 0.667. The lowest BCUT2D eigenvalue weighted by atomic mass is 10.2. The molecule has 0 aliphatic carbocycles. The topological polar surface area (TPSA) is 12.5 Å². The molecule has 0 saturated carbocycles. The Morgan fingerprint density at radius 2 is 2.13 bits per heavy atom. The van der Waals surface area contributed by atoms with Gasteiger partial charge in [-0.1, -0.05) is 0 Å². The fourth-order valence-corrected chi connectivity index (χ4v) is 2.85. The number of rotatable bonds is 4. The van der Waals surface area contributed by atoms with Crippen molar-refractivity contribution in [3.05, 3.63) is 21.9 Å². The number of hydrogen-bond donors (Lipinski definition) is 0. The largest absolute Gasteiger partial charge is 0.379 e. The van der Waals surface area contributed by atoms with Crippen LogP contribution in [0, 0.1) is 6.92 Å². The molecule has 2 heterocycles. The van der Waals surface area contributed by atoms with Crippen LogP contribution in [0.2, 0.25) is 0 Å². The first-order valence-electron chi connectivity index (χ1n) is 5.70. The maximum absolute atomic E-state index is 5.33. The van der Waals surface area contributed by atoms with Crippen LogP contribution in [0.1, 0.15) is 16.2 Å². The Hall–Kier alpha value is -0.380. The van der Waals surface area contributed by atoms with Crippen molar-refractivity contribution in [2.45, 2.75) is 19.8 Å². The van der Waals surface area contributed by atoms with E-state index < -0.39 is 0 Å². The first-order valence-corrected chi connectivity index (χ1v) is 6.52. The molecule has 1 aliphatic heterocycles. The number of nitrogens with zero attached hydrogens (tertiary/aromatic N) is 1. The number of hydrogen-bond acceptors (Lipinski definition) is 3. The molecule has 1 aliphatic rings. The summed E-state index contributed by atoms with van der Waals surface area (Å²) in [7, 11) is 0. The summed E-state index contributed by atoms with van der Waals surface area (Å²) < 4.78 is 5.33. The Morgan fingerprint density at radius 3 is 2.80 bits per heavy atom. The van der Waals surface area contributed by atoms with Crippen molar-refractivity contribution in [1.82, 2.24) is 4.90 Å². The van der Waals surface area contributed by atoms with Crippen molar-refractivity contribution >= 4 is 11.3 Å². The molecule has 2 nitrogen and oxygen atoms in total. The smallest absolute Gasteiger partial charge is 0.0594 e. The standard InChI is InChI=1S/C12H19NOS/c1-11-4-5-12(15-11)3-2-6-13-7-9-14-10-8-13/h4-5H,2-3,6-10H2,1H3. The number of thiophene rings is 1. The Kier molecular flexibility index (Phi) is 4.18.